The molecule has 3 heterocycles. The van der Waals surface area contributed by atoms with Crippen LogP contribution in [-0.2, 0) is 0 Å². The number of rotatable bonds is 2. The Morgan fingerprint density at radius 3 is 2.92 bits per heavy atom. The molecule has 1 aliphatic heterocycles. The van der Waals surface area contributed by atoms with E-state index < -0.39 is 5.92 Å². The molecule has 0 saturated heterocycles. The molecule has 4 rings (SSSR count). The number of aromatic amines is 1. The van der Waals surface area contributed by atoms with Crippen LogP contribution < -0.4 is 10.5 Å². The number of nitrogens with zero attached hydrogens (tertiary/aromatic N) is 2. The standard InChI is InChI=1S/C17H11FN4OS/c18-10-4-1-3-9(7-10)13-11(8-19)16(20)23-17-14(13)15(21-22-17)12-5-2-6-24-12/h1-7,13H,20H2,(H,21,22)/t13-/m0/s1. The number of thiophene rings is 1. The molecule has 1 aliphatic rings. The van der Waals surface area contributed by atoms with E-state index in [1.54, 1.807) is 12.1 Å². The van der Waals surface area contributed by atoms with Gasteiger partial charge in [0.05, 0.1) is 22.1 Å². The van der Waals surface area contributed by atoms with Crippen molar-refractivity contribution < 1.29 is 9.13 Å². The summed E-state index contributed by atoms with van der Waals surface area (Å²) in [6.07, 6.45) is 0. The molecule has 0 aliphatic carbocycles. The molecule has 0 amide bonds. The van der Waals surface area contributed by atoms with Crippen LogP contribution in [0.15, 0.2) is 53.2 Å². The number of nitrogens with two attached hydrogens (primary N) is 1. The van der Waals surface area contributed by atoms with Gasteiger partial charge in [0.25, 0.3) is 0 Å². The zero-order valence-corrected chi connectivity index (χ0v) is 13.1. The van der Waals surface area contributed by atoms with Crippen molar-refractivity contribution in [2.24, 2.45) is 5.73 Å². The summed E-state index contributed by atoms with van der Waals surface area (Å²) >= 11 is 1.53. The third-order valence-corrected chi connectivity index (χ3v) is 4.78. The van der Waals surface area contributed by atoms with Crippen molar-refractivity contribution in [3.05, 3.63) is 70.2 Å². The van der Waals surface area contributed by atoms with E-state index in [4.69, 9.17) is 10.5 Å². The molecule has 24 heavy (non-hydrogen) atoms. The van der Waals surface area contributed by atoms with Gasteiger partial charge < -0.3 is 10.5 Å². The third kappa shape index (κ3) is 2.16. The zero-order chi connectivity index (χ0) is 16.7. The molecule has 0 saturated carbocycles. The summed E-state index contributed by atoms with van der Waals surface area (Å²) in [5, 5.41) is 18.6. The van der Waals surface area contributed by atoms with E-state index in [0.29, 0.717) is 17.0 Å². The van der Waals surface area contributed by atoms with E-state index in [2.05, 4.69) is 16.3 Å². The molecule has 1 aromatic carbocycles. The van der Waals surface area contributed by atoms with Crippen molar-refractivity contribution in [1.29, 1.82) is 5.26 Å². The van der Waals surface area contributed by atoms with Crippen LogP contribution >= 0.6 is 11.3 Å². The fraction of sp³-hybridized carbons (Fsp3) is 0.0588. The van der Waals surface area contributed by atoms with Crippen molar-refractivity contribution in [2.75, 3.05) is 0 Å². The van der Waals surface area contributed by atoms with E-state index in [-0.39, 0.29) is 17.3 Å². The van der Waals surface area contributed by atoms with E-state index in [0.717, 1.165) is 10.6 Å². The number of fused-ring (bicyclic) bond motifs is 1. The summed E-state index contributed by atoms with van der Waals surface area (Å²) in [6.45, 7) is 0. The van der Waals surface area contributed by atoms with Gasteiger partial charge in [-0.05, 0) is 29.1 Å². The highest BCUT2D eigenvalue weighted by Crippen LogP contribution is 2.46. The molecule has 5 nitrogen and oxygen atoms in total. The van der Waals surface area contributed by atoms with Crippen LogP contribution in [0.25, 0.3) is 10.6 Å². The van der Waals surface area contributed by atoms with Crippen LogP contribution in [0.4, 0.5) is 4.39 Å². The molecule has 0 fully saturated rings. The van der Waals surface area contributed by atoms with Crippen molar-refractivity contribution in [3.8, 4) is 22.5 Å². The van der Waals surface area contributed by atoms with Gasteiger partial charge in [-0.2, -0.15) is 5.26 Å². The van der Waals surface area contributed by atoms with Gasteiger partial charge in [0, 0.05) is 0 Å². The molecule has 3 aromatic rings. The number of H-pyrrole nitrogens is 1. The van der Waals surface area contributed by atoms with Gasteiger partial charge >= 0.3 is 0 Å². The van der Waals surface area contributed by atoms with Crippen LogP contribution in [0.3, 0.4) is 0 Å². The Hall–Kier alpha value is -3.11. The van der Waals surface area contributed by atoms with E-state index in [9.17, 15) is 9.65 Å². The summed E-state index contributed by atoms with van der Waals surface area (Å²) < 4.78 is 19.2. The van der Waals surface area contributed by atoms with Gasteiger partial charge in [-0.1, -0.05) is 18.2 Å². The Balaban J connectivity index is 1.97. The number of nitrogens with one attached hydrogen (secondary N) is 1. The number of ether oxygens (including phenoxy) is 1. The molecule has 118 valence electrons. The number of hydrogen-bond donors (Lipinski definition) is 2. The molecule has 0 bridgehead atoms. The molecular formula is C17H11FN4OS. The van der Waals surface area contributed by atoms with Crippen molar-refractivity contribution in [1.82, 2.24) is 10.2 Å². The van der Waals surface area contributed by atoms with Crippen molar-refractivity contribution in [2.45, 2.75) is 5.92 Å². The number of halogens is 1. The van der Waals surface area contributed by atoms with E-state index >= 15 is 0 Å². The van der Waals surface area contributed by atoms with Gasteiger partial charge in [0.15, 0.2) is 0 Å². The smallest absolute Gasteiger partial charge is 0.244 e. The highest BCUT2D eigenvalue weighted by atomic mass is 32.1. The van der Waals surface area contributed by atoms with Gasteiger partial charge in [-0.25, -0.2) is 4.39 Å². The van der Waals surface area contributed by atoms with Gasteiger partial charge in [0.1, 0.15) is 17.5 Å². The number of allylic oxidation sites excluding steroid dienone is 1. The van der Waals surface area contributed by atoms with Crippen LogP contribution in [0.2, 0.25) is 0 Å². The van der Waals surface area contributed by atoms with E-state index in [1.807, 2.05) is 17.5 Å². The zero-order valence-electron chi connectivity index (χ0n) is 12.3. The lowest BCUT2D eigenvalue weighted by molar-refractivity contribution is 0.379. The van der Waals surface area contributed by atoms with Crippen LogP contribution in [0, 0.1) is 17.1 Å². The Morgan fingerprint density at radius 1 is 1.33 bits per heavy atom. The van der Waals surface area contributed by atoms with Gasteiger partial charge in [0.2, 0.25) is 11.8 Å². The predicted octanol–water partition coefficient (Wildman–Crippen LogP) is 3.50. The van der Waals surface area contributed by atoms with Crippen LogP contribution in [-0.4, -0.2) is 10.2 Å². The molecular weight excluding hydrogens is 327 g/mol. The first-order valence-electron chi connectivity index (χ1n) is 7.14. The fourth-order valence-electron chi connectivity index (χ4n) is 2.87. The van der Waals surface area contributed by atoms with Gasteiger partial charge in [-0.3, -0.25) is 5.10 Å². The monoisotopic (exact) mass is 338 g/mol. The Labute approximate surface area is 140 Å². The first kappa shape index (κ1) is 14.5. The number of nitriles is 1. The molecule has 7 heteroatoms. The lowest BCUT2D eigenvalue weighted by Gasteiger charge is -2.23. The highest BCUT2D eigenvalue weighted by molar-refractivity contribution is 7.13. The van der Waals surface area contributed by atoms with E-state index in [1.165, 1.54) is 23.5 Å². The second-order valence-electron chi connectivity index (χ2n) is 5.27. The maximum Gasteiger partial charge on any atom is 0.244 e. The second-order valence-corrected chi connectivity index (χ2v) is 6.22. The number of aromatic nitrogens is 2. The fourth-order valence-corrected chi connectivity index (χ4v) is 3.61. The maximum absolute atomic E-state index is 13.7. The minimum absolute atomic E-state index is 0.0107. The number of hydrogen-bond acceptors (Lipinski definition) is 5. The molecule has 0 spiro atoms. The Kier molecular flexibility index (Phi) is 3.32. The van der Waals surface area contributed by atoms with Crippen LogP contribution in [0.5, 0.6) is 5.88 Å². The SMILES string of the molecule is N#CC1=C(N)Oc2n[nH]c(-c3cccs3)c2[C@H]1c1cccc(F)c1. The first-order chi connectivity index (χ1) is 11.7. The lowest BCUT2D eigenvalue weighted by atomic mass is 9.84. The lowest BCUT2D eigenvalue weighted by Crippen LogP contribution is -2.21. The second kappa shape index (κ2) is 5.51. The summed E-state index contributed by atoms with van der Waals surface area (Å²) in [5.41, 5.74) is 8.19. The normalized spacial score (nSPS) is 16.4. The van der Waals surface area contributed by atoms with Crippen molar-refractivity contribution >= 4 is 11.3 Å². The average molecular weight is 338 g/mol. The molecule has 2 aromatic heterocycles. The minimum Gasteiger partial charge on any atom is -0.420 e. The first-order valence-corrected chi connectivity index (χ1v) is 8.02. The summed E-state index contributed by atoms with van der Waals surface area (Å²) in [6, 6.07) is 12.1. The van der Waals surface area contributed by atoms with Crippen molar-refractivity contribution in [3.63, 3.8) is 0 Å². The topological polar surface area (TPSA) is 87.7 Å². The number of benzene rings is 1. The summed E-state index contributed by atoms with van der Waals surface area (Å²) in [4.78, 5) is 0.950. The van der Waals surface area contributed by atoms with Crippen LogP contribution in [0.1, 0.15) is 17.0 Å². The predicted molar refractivity (Wildman–Crippen MR) is 87.6 cm³/mol. The Morgan fingerprint density at radius 2 is 2.21 bits per heavy atom. The highest BCUT2D eigenvalue weighted by Gasteiger charge is 2.35. The molecule has 3 N–H and O–H groups in total. The average Bonchev–Trinajstić information content (AvgIpc) is 3.22. The summed E-state index contributed by atoms with van der Waals surface area (Å²) in [5.74, 6) is -0.615. The quantitative estimate of drug-likeness (QED) is 0.748. The third-order valence-electron chi connectivity index (χ3n) is 3.89. The molecule has 0 unspecified atom stereocenters. The largest absolute Gasteiger partial charge is 0.420 e. The maximum atomic E-state index is 13.7. The molecule has 0 radical (unpaired) electrons. The molecule has 1 atom stereocenters. The Bertz CT molecular complexity index is 984. The minimum atomic E-state index is -0.537. The summed E-state index contributed by atoms with van der Waals surface area (Å²) in [7, 11) is 0. The van der Waals surface area contributed by atoms with Gasteiger partial charge in [-0.15, -0.1) is 16.4 Å².